The third-order valence-corrected chi connectivity index (χ3v) is 4.24. The van der Waals surface area contributed by atoms with Gasteiger partial charge in [-0.3, -0.25) is 4.79 Å². The quantitative estimate of drug-likeness (QED) is 0.577. The molecule has 2 rings (SSSR count). The summed E-state index contributed by atoms with van der Waals surface area (Å²) >= 11 is 0. The summed E-state index contributed by atoms with van der Waals surface area (Å²) in [5, 5.41) is 2.86. The lowest BCUT2D eigenvalue weighted by Gasteiger charge is -2.17. The molecule has 2 atom stereocenters. The Labute approximate surface area is 154 Å². The minimum absolute atomic E-state index is 0.332. The Kier molecular flexibility index (Phi) is 7.15. The summed E-state index contributed by atoms with van der Waals surface area (Å²) in [6, 6.07) is 17.1. The monoisotopic (exact) mass is 351 g/mol. The van der Waals surface area contributed by atoms with Crippen molar-refractivity contribution in [2.75, 3.05) is 5.32 Å². The van der Waals surface area contributed by atoms with Gasteiger partial charge in [0.05, 0.1) is 0 Å². The lowest BCUT2D eigenvalue weighted by molar-refractivity contribution is -0.148. The van der Waals surface area contributed by atoms with Crippen molar-refractivity contribution in [3.05, 3.63) is 71.8 Å². The second kappa shape index (κ2) is 9.56. The molecule has 1 amide bonds. The van der Waals surface area contributed by atoms with Crippen molar-refractivity contribution in [2.24, 2.45) is 0 Å². The Morgan fingerprint density at radius 1 is 1.04 bits per heavy atom. The predicted octanol–water partition coefficient (Wildman–Crippen LogP) is 4.78. The van der Waals surface area contributed by atoms with Crippen LogP contribution >= 0.6 is 0 Å². The van der Waals surface area contributed by atoms with E-state index in [9.17, 15) is 9.59 Å². The maximum Gasteiger partial charge on any atom is 0.331 e. The highest BCUT2D eigenvalue weighted by Crippen LogP contribution is 2.26. The zero-order valence-corrected chi connectivity index (χ0v) is 15.4. The molecule has 0 bridgehead atoms. The number of hydrogen-bond donors (Lipinski definition) is 1. The number of benzene rings is 2. The molecule has 0 aliphatic carbocycles. The summed E-state index contributed by atoms with van der Waals surface area (Å²) in [6.45, 7) is 5.78. The lowest BCUT2D eigenvalue weighted by Crippen LogP contribution is -2.29. The van der Waals surface area contributed by atoms with E-state index in [0.717, 1.165) is 23.2 Å². The van der Waals surface area contributed by atoms with Crippen LogP contribution in [0.15, 0.2) is 60.7 Å². The Balaban J connectivity index is 1.96. The lowest BCUT2D eigenvalue weighted by atomic mass is 9.97. The molecule has 0 aliphatic rings. The Morgan fingerprint density at radius 2 is 1.69 bits per heavy atom. The van der Waals surface area contributed by atoms with Crippen molar-refractivity contribution < 1.29 is 14.3 Å². The average molecular weight is 351 g/mol. The molecular formula is C22H25NO3. The summed E-state index contributed by atoms with van der Waals surface area (Å²) in [5.74, 6) is -0.563. The number of carbonyl (C=O) groups excluding carboxylic acids is 2. The molecule has 0 aromatic heterocycles. The van der Waals surface area contributed by atoms with Gasteiger partial charge in [0.15, 0.2) is 6.10 Å². The van der Waals surface area contributed by atoms with Gasteiger partial charge in [-0.25, -0.2) is 4.79 Å². The Bertz CT molecular complexity index is 768. The molecule has 4 nitrogen and oxygen atoms in total. The second-order valence-corrected chi connectivity index (χ2v) is 6.21. The molecule has 136 valence electrons. The summed E-state index contributed by atoms with van der Waals surface area (Å²) in [5.41, 5.74) is 2.73. The predicted molar refractivity (Wildman–Crippen MR) is 105 cm³/mol. The molecule has 0 saturated heterocycles. The summed E-state index contributed by atoms with van der Waals surface area (Å²) < 4.78 is 5.19. The van der Waals surface area contributed by atoms with Crippen LogP contribution in [0.2, 0.25) is 0 Å². The largest absolute Gasteiger partial charge is 0.449 e. The molecule has 0 spiro atoms. The third kappa shape index (κ3) is 5.59. The first-order chi connectivity index (χ1) is 12.5. The number of amides is 1. The normalized spacial score (nSPS) is 13.2. The van der Waals surface area contributed by atoms with Gasteiger partial charge in [0.25, 0.3) is 5.91 Å². The molecule has 2 aromatic carbocycles. The van der Waals surface area contributed by atoms with Crippen molar-refractivity contribution in [3.8, 4) is 0 Å². The van der Waals surface area contributed by atoms with Crippen molar-refractivity contribution >= 4 is 23.6 Å². The Morgan fingerprint density at radius 3 is 2.38 bits per heavy atom. The fourth-order valence-corrected chi connectivity index (χ4v) is 2.49. The maximum atomic E-state index is 12.4. The maximum absolute atomic E-state index is 12.4. The highest BCUT2D eigenvalue weighted by atomic mass is 16.5. The van der Waals surface area contributed by atoms with Crippen LogP contribution in [-0.2, 0) is 14.3 Å². The summed E-state index contributed by atoms with van der Waals surface area (Å²) in [4.78, 5) is 24.3. The van der Waals surface area contributed by atoms with Crippen LogP contribution in [0, 0.1) is 0 Å². The van der Waals surface area contributed by atoms with E-state index >= 15 is 0 Å². The standard InChI is InChI=1S/C22H25NO3/c1-4-16(2)19-12-8-9-13-20(19)23-22(25)17(3)26-21(24)15-14-18-10-6-5-7-11-18/h5-17H,4H2,1-3H3,(H,23,25)/b15-14+/t16-,17-/m1/s1. The van der Waals surface area contributed by atoms with E-state index in [2.05, 4.69) is 19.2 Å². The van der Waals surface area contributed by atoms with Crippen molar-refractivity contribution in [3.63, 3.8) is 0 Å². The van der Waals surface area contributed by atoms with Crippen LogP contribution in [-0.4, -0.2) is 18.0 Å². The number of anilines is 1. The number of hydrogen-bond acceptors (Lipinski definition) is 3. The van der Waals surface area contributed by atoms with Crippen molar-refractivity contribution in [1.29, 1.82) is 0 Å². The van der Waals surface area contributed by atoms with Gasteiger partial charge in [-0.05, 0) is 42.5 Å². The zero-order valence-electron chi connectivity index (χ0n) is 15.4. The van der Waals surface area contributed by atoms with Gasteiger partial charge in [-0.2, -0.15) is 0 Å². The van der Waals surface area contributed by atoms with Gasteiger partial charge >= 0.3 is 5.97 Å². The third-order valence-electron chi connectivity index (χ3n) is 4.24. The van der Waals surface area contributed by atoms with Gasteiger partial charge in [-0.1, -0.05) is 62.4 Å². The van der Waals surface area contributed by atoms with Gasteiger partial charge in [0, 0.05) is 11.8 Å². The summed E-state index contributed by atoms with van der Waals surface area (Å²) in [7, 11) is 0. The molecule has 4 heteroatoms. The van der Waals surface area contributed by atoms with Gasteiger partial charge < -0.3 is 10.1 Å². The molecule has 2 aromatic rings. The SMILES string of the molecule is CC[C@@H](C)c1ccccc1NC(=O)[C@@H](C)OC(=O)/C=C/c1ccccc1. The number of carbonyl (C=O) groups is 2. The van der Waals surface area contributed by atoms with E-state index in [-0.39, 0.29) is 5.91 Å². The van der Waals surface area contributed by atoms with Gasteiger partial charge in [0.2, 0.25) is 0 Å². The zero-order chi connectivity index (χ0) is 18.9. The van der Waals surface area contributed by atoms with E-state index in [4.69, 9.17) is 4.74 Å². The second-order valence-electron chi connectivity index (χ2n) is 6.21. The first-order valence-corrected chi connectivity index (χ1v) is 8.84. The number of ether oxygens (including phenoxy) is 1. The van der Waals surface area contributed by atoms with Crippen LogP contribution in [0.5, 0.6) is 0 Å². The molecule has 0 heterocycles. The molecule has 0 fully saturated rings. The fourth-order valence-electron chi connectivity index (χ4n) is 2.49. The van der Waals surface area contributed by atoms with E-state index < -0.39 is 12.1 Å². The Hall–Kier alpha value is -2.88. The van der Waals surface area contributed by atoms with Gasteiger partial charge in [-0.15, -0.1) is 0 Å². The minimum atomic E-state index is -0.882. The number of rotatable bonds is 7. The van der Waals surface area contributed by atoms with Gasteiger partial charge in [0.1, 0.15) is 0 Å². The molecule has 1 N–H and O–H groups in total. The van der Waals surface area contributed by atoms with Crippen LogP contribution in [0.4, 0.5) is 5.69 Å². The first kappa shape index (κ1) is 19.4. The molecule has 0 radical (unpaired) electrons. The van der Waals surface area contributed by atoms with Crippen LogP contribution in [0.1, 0.15) is 44.2 Å². The van der Waals surface area contributed by atoms with Crippen LogP contribution < -0.4 is 5.32 Å². The number of para-hydroxylation sites is 1. The van der Waals surface area contributed by atoms with E-state index in [0.29, 0.717) is 5.92 Å². The summed E-state index contributed by atoms with van der Waals surface area (Å²) in [6.07, 6.45) is 3.08. The molecule has 0 saturated carbocycles. The topological polar surface area (TPSA) is 55.4 Å². The van der Waals surface area contributed by atoms with Crippen molar-refractivity contribution in [2.45, 2.75) is 39.2 Å². The first-order valence-electron chi connectivity index (χ1n) is 8.84. The minimum Gasteiger partial charge on any atom is -0.449 e. The smallest absolute Gasteiger partial charge is 0.331 e. The van der Waals surface area contributed by atoms with E-state index in [1.165, 1.54) is 6.08 Å². The molecule has 26 heavy (non-hydrogen) atoms. The van der Waals surface area contributed by atoms with Crippen LogP contribution in [0.3, 0.4) is 0 Å². The van der Waals surface area contributed by atoms with Crippen molar-refractivity contribution in [1.82, 2.24) is 0 Å². The van der Waals surface area contributed by atoms with Crippen LogP contribution in [0.25, 0.3) is 6.08 Å². The molecule has 0 aliphatic heterocycles. The highest BCUT2D eigenvalue weighted by Gasteiger charge is 2.18. The average Bonchev–Trinajstić information content (AvgIpc) is 2.67. The number of nitrogens with one attached hydrogen (secondary N) is 1. The molecule has 0 unspecified atom stereocenters. The highest BCUT2D eigenvalue weighted by molar-refractivity contribution is 5.97. The van der Waals surface area contributed by atoms with E-state index in [1.807, 2.05) is 54.6 Å². The number of esters is 1. The van der Waals surface area contributed by atoms with E-state index in [1.54, 1.807) is 13.0 Å². The molecular weight excluding hydrogens is 326 g/mol. The fraction of sp³-hybridized carbons (Fsp3) is 0.273.